The second-order valence-electron chi connectivity index (χ2n) is 7.04. The number of nitrogens with one attached hydrogen (secondary N) is 2. The third-order valence-electron chi connectivity index (χ3n) is 4.46. The third kappa shape index (κ3) is 7.10. The zero-order chi connectivity index (χ0) is 27.1. The van der Waals surface area contributed by atoms with Gasteiger partial charge in [0.15, 0.2) is 0 Å². The van der Waals surface area contributed by atoms with Crippen LogP contribution in [0.2, 0.25) is 0 Å². The molecule has 0 bridgehead atoms. The third-order valence-corrected chi connectivity index (χ3v) is 4.46. The summed E-state index contributed by atoms with van der Waals surface area (Å²) in [5, 5.41) is 58.8. The van der Waals surface area contributed by atoms with Gasteiger partial charge in [0.1, 0.15) is 0 Å². The molecule has 0 aliphatic heterocycles. The number of hydrogen-bond donors (Lipinski definition) is 3. The molecule has 0 atom stereocenters. The Balaban J connectivity index is 1.75. The van der Waals surface area contributed by atoms with Crippen molar-refractivity contribution in [3.05, 3.63) is 70.8 Å². The van der Waals surface area contributed by atoms with E-state index in [2.05, 4.69) is 25.6 Å². The number of hydrogen-bond acceptors (Lipinski definition) is 14. The summed E-state index contributed by atoms with van der Waals surface area (Å²) >= 11 is 0. The van der Waals surface area contributed by atoms with Crippen LogP contribution in [-0.2, 0) is 19.2 Å². The number of benzene rings is 2. The average Bonchev–Trinajstić information content (AvgIpc) is 2.81. The highest BCUT2D eigenvalue weighted by atomic mass is 16.4. The second-order valence-corrected chi connectivity index (χ2v) is 7.04. The topological polar surface area (TPSA) is 243 Å². The van der Waals surface area contributed by atoms with Crippen LogP contribution in [0.15, 0.2) is 59.7 Å². The lowest BCUT2D eigenvalue weighted by Crippen LogP contribution is -2.36. The van der Waals surface area contributed by atoms with Crippen molar-refractivity contribution >= 4 is 59.3 Å². The maximum Gasteiger partial charge on any atom is 0.320 e. The van der Waals surface area contributed by atoms with Crippen molar-refractivity contribution in [1.82, 2.24) is 15.0 Å². The summed E-state index contributed by atoms with van der Waals surface area (Å²) in [6.45, 7) is 0. The minimum atomic E-state index is -1.89. The maximum absolute atomic E-state index is 10.8. The van der Waals surface area contributed by atoms with E-state index in [1.54, 1.807) is 0 Å². The summed E-state index contributed by atoms with van der Waals surface area (Å²) in [7, 11) is 0. The van der Waals surface area contributed by atoms with E-state index in [0.717, 1.165) is 12.2 Å². The quantitative estimate of drug-likeness (QED) is 0.140. The van der Waals surface area contributed by atoms with E-state index in [1.165, 1.54) is 48.5 Å². The van der Waals surface area contributed by atoms with Gasteiger partial charge in [0, 0.05) is 22.5 Å². The highest BCUT2D eigenvalue weighted by molar-refractivity contribution is 6.15. The van der Waals surface area contributed by atoms with Gasteiger partial charge in [0.05, 0.1) is 23.9 Å². The number of carbonyl (C=O) groups is 4. The van der Waals surface area contributed by atoms with Gasteiger partial charge in [-0.2, -0.15) is 15.0 Å². The summed E-state index contributed by atoms with van der Waals surface area (Å²) in [6, 6.07) is 10.8. The number of rotatable bonds is 10. The van der Waals surface area contributed by atoms with Crippen molar-refractivity contribution in [2.75, 3.05) is 10.6 Å². The summed E-state index contributed by atoms with van der Waals surface area (Å²) < 4.78 is 0. The first-order valence-electron chi connectivity index (χ1n) is 10.00. The predicted octanol–water partition coefficient (Wildman–Crippen LogP) is -3.17. The molecule has 0 spiro atoms. The Labute approximate surface area is 206 Å². The number of anilines is 4. The Morgan fingerprint density at radius 3 is 1.22 bits per heavy atom. The Morgan fingerprint density at radius 1 is 0.595 bits per heavy atom. The molecule has 0 saturated carbocycles. The van der Waals surface area contributed by atoms with Crippen LogP contribution in [0.4, 0.5) is 23.3 Å². The highest BCUT2D eigenvalue weighted by Gasteiger charge is 2.08. The lowest BCUT2D eigenvalue weighted by molar-refractivity contribution is -0.314. The number of nitrogens with zero attached hydrogens (tertiary/aromatic N) is 3. The monoisotopic (exact) mass is 503 g/mol. The van der Waals surface area contributed by atoms with E-state index in [9.17, 15) is 44.7 Å². The standard InChI is InChI=1S/C23H17N5O9/c29-17(30)15(18(31)32)9-11-1-5-13(6-2-11)24-21-26-22(28-23(37)27-21)25-14-7-3-12(4-8-14)10-16(19(33)34)20(35)36/h1-10H,(H,29,30)(H,31,32)(H,33,34)(H,35,36)(H3,24,25,26,27,28,37)/p-4. The molecule has 3 rings (SSSR count). The zero-order valence-corrected chi connectivity index (χ0v) is 18.3. The van der Waals surface area contributed by atoms with Gasteiger partial charge in [-0.1, -0.05) is 24.3 Å². The number of aromatic hydroxyl groups is 1. The number of carboxylic acid groups (broad SMARTS) is 4. The first kappa shape index (κ1) is 25.8. The van der Waals surface area contributed by atoms with Crippen molar-refractivity contribution in [3.63, 3.8) is 0 Å². The summed E-state index contributed by atoms with van der Waals surface area (Å²) in [5.41, 5.74) is -0.795. The molecule has 0 amide bonds. The predicted molar refractivity (Wildman–Crippen MR) is 117 cm³/mol. The molecule has 3 aromatic rings. The fraction of sp³-hybridized carbons (Fsp3) is 0. The summed E-state index contributed by atoms with van der Waals surface area (Å²) in [6.07, 6.45) is 1.73. The molecule has 14 heteroatoms. The smallest absolute Gasteiger partial charge is 0.320 e. The van der Waals surface area contributed by atoms with E-state index in [0.29, 0.717) is 11.4 Å². The van der Waals surface area contributed by atoms with Gasteiger partial charge in [-0.3, -0.25) is 0 Å². The Kier molecular flexibility index (Phi) is 7.74. The van der Waals surface area contributed by atoms with Gasteiger partial charge < -0.3 is 55.3 Å². The number of aromatic nitrogens is 3. The molecule has 37 heavy (non-hydrogen) atoms. The lowest BCUT2D eigenvalue weighted by Gasteiger charge is -2.11. The normalized spacial score (nSPS) is 10.1. The van der Waals surface area contributed by atoms with E-state index in [4.69, 9.17) is 0 Å². The second kappa shape index (κ2) is 11.1. The van der Waals surface area contributed by atoms with Crippen molar-refractivity contribution in [1.29, 1.82) is 0 Å². The van der Waals surface area contributed by atoms with Crippen LogP contribution in [0.25, 0.3) is 12.2 Å². The van der Waals surface area contributed by atoms with E-state index < -0.39 is 41.0 Å². The van der Waals surface area contributed by atoms with Crippen molar-refractivity contribution in [2.45, 2.75) is 0 Å². The van der Waals surface area contributed by atoms with Gasteiger partial charge in [0.25, 0.3) is 0 Å². The molecule has 0 saturated heterocycles. The Bertz CT molecular complexity index is 1290. The fourth-order valence-electron chi connectivity index (χ4n) is 2.80. The summed E-state index contributed by atoms with van der Waals surface area (Å²) in [5.74, 6) is -7.75. The molecule has 14 nitrogen and oxygen atoms in total. The first-order chi connectivity index (χ1) is 17.5. The number of carboxylic acids is 4. The SMILES string of the molecule is O=C([O-])C(=Cc1ccc(Nc2nc(O)nc(Nc3ccc(C=C(C(=O)[O-])C(=O)[O-])cc3)n2)cc1)C(=O)[O-]. The Morgan fingerprint density at radius 2 is 0.919 bits per heavy atom. The molecule has 0 radical (unpaired) electrons. The van der Waals surface area contributed by atoms with Crippen molar-refractivity contribution in [3.8, 4) is 6.01 Å². The molecule has 0 unspecified atom stereocenters. The van der Waals surface area contributed by atoms with E-state index in [1.807, 2.05) is 0 Å². The average molecular weight is 503 g/mol. The molecular formula is C23H13N5O9-4. The minimum Gasteiger partial charge on any atom is -0.545 e. The first-order valence-corrected chi connectivity index (χ1v) is 10.00. The van der Waals surface area contributed by atoms with Crippen LogP contribution in [0.1, 0.15) is 11.1 Å². The number of carbonyl (C=O) groups excluding carboxylic acids is 4. The number of aliphatic carboxylic acids is 4. The molecule has 188 valence electrons. The lowest BCUT2D eigenvalue weighted by atomic mass is 10.1. The Hall–Kier alpha value is -5.79. The molecule has 0 fully saturated rings. The molecule has 0 aliphatic rings. The highest BCUT2D eigenvalue weighted by Crippen LogP contribution is 2.21. The fourth-order valence-corrected chi connectivity index (χ4v) is 2.80. The molecular weight excluding hydrogens is 490 g/mol. The van der Waals surface area contributed by atoms with Crippen LogP contribution in [0, 0.1) is 0 Å². The maximum atomic E-state index is 10.8. The van der Waals surface area contributed by atoms with Gasteiger partial charge in [0.2, 0.25) is 11.9 Å². The molecule has 1 heterocycles. The van der Waals surface area contributed by atoms with Gasteiger partial charge in [-0.15, -0.1) is 0 Å². The molecule has 2 aromatic carbocycles. The molecule has 3 N–H and O–H groups in total. The van der Waals surface area contributed by atoms with Crippen molar-refractivity contribution in [2.24, 2.45) is 0 Å². The van der Waals surface area contributed by atoms with Gasteiger partial charge in [-0.25, -0.2) is 0 Å². The van der Waals surface area contributed by atoms with Crippen LogP contribution in [0.5, 0.6) is 6.01 Å². The zero-order valence-electron chi connectivity index (χ0n) is 18.3. The largest absolute Gasteiger partial charge is 0.545 e. The van der Waals surface area contributed by atoms with Crippen LogP contribution in [0.3, 0.4) is 0 Å². The van der Waals surface area contributed by atoms with Crippen LogP contribution in [-0.4, -0.2) is 43.9 Å². The van der Waals surface area contributed by atoms with Gasteiger partial charge in [-0.05, 0) is 47.5 Å². The molecule has 1 aromatic heterocycles. The minimum absolute atomic E-state index is 0.0874. The van der Waals surface area contributed by atoms with E-state index in [-0.39, 0.29) is 23.0 Å². The summed E-state index contributed by atoms with van der Waals surface area (Å²) in [4.78, 5) is 54.9. The van der Waals surface area contributed by atoms with E-state index >= 15 is 0 Å². The van der Waals surface area contributed by atoms with Crippen molar-refractivity contribution < 1.29 is 44.7 Å². The molecule has 0 aliphatic carbocycles. The van der Waals surface area contributed by atoms with Gasteiger partial charge >= 0.3 is 6.01 Å². The van der Waals surface area contributed by atoms with Crippen LogP contribution < -0.4 is 31.1 Å². The van der Waals surface area contributed by atoms with Crippen LogP contribution >= 0.6 is 0 Å².